The van der Waals surface area contributed by atoms with Crippen LogP contribution in [0.3, 0.4) is 0 Å². The highest BCUT2D eigenvalue weighted by molar-refractivity contribution is 7.92. The summed E-state index contributed by atoms with van der Waals surface area (Å²) in [5.74, 6) is -0.221. The van der Waals surface area contributed by atoms with Crippen molar-refractivity contribution in [1.82, 2.24) is 4.98 Å². The quantitative estimate of drug-likeness (QED) is 0.262. The van der Waals surface area contributed by atoms with Gasteiger partial charge < -0.3 is 4.57 Å². The Morgan fingerprint density at radius 1 is 0.892 bits per heavy atom. The number of hydrogen-bond acceptors (Lipinski definition) is 4. The number of hydrogen-bond donors (Lipinski definition) is 0. The summed E-state index contributed by atoms with van der Waals surface area (Å²) >= 11 is 0. The molecule has 0 radical (unpaired) electrons. The molecule has 0 spiro atoms. The van der Waals surface area contributed by atoms with Crippen molar-refractivity contribution in [2.24, 2.45) is 0 Å². The molecular weight excluding hydrogens is 506 g/mol. The number of anilines is 1. The van der Waals surface area contributed by atoms with Crippen LogP contribution in [0.4, 0.5) is 10.2 Å². The van der Waals surface area contributed by atoms with Crippen LogP contribution in [0.2, 0.25) is 0 Å². The van der Waals surface area contributed by atoms with Crippen LogP contribution in [0, 0.1) is 5.82 Å². The topological polar surface area (TPSA) is 67.3 Å². The molecule has 192 valence electrons. The highest BCUT2D eigenvalue weighted by Crippen LogP contribution is 2.50. The number of aromatic nitrogens is 1. The van der Waals surface area contributed by atoms with Crippen molar-refractivity contribution >= 4 is 33.6 Å². The first kappa shape index (κ1) is 26.8. The molecule has 4 aromatic rings. The van der Waals surface area contributed by atoms with Crippen molar-refractivity contribution in [3.63, 3.8) is 0 Å². The lowest BCUT2D eigenvalue weighted by molar-refractivity contribution is 0.586. The van der Waals surface area contributed by atoms with E-state index in [1.165, 1.54) is 19.2 Å². The maximum Gasteiger partial charge on any atom is 0.233 e. The average Bonchev–Trinajstić information content (AvgIpc) is 2.89. The third kappa shape index (κ3) is 5.68. The van der Waals surface area contributed by atoms with Gasteiger partial charge in [0.15, 0.2) is 0 Å². The van der Waals surface area contributed by atoms with Gasteiger partial charge in [-0.3, -0.25) is 4.31 Å². The van der Waals surface area contributed by atoms with Gasteiger partial charge in [0.25, 0.3) is 0 Å². The molecule has 0 bridgehead atoms. The molecule has 0 saturated heterocycles. The molecular formula is C29H30FN2O3PS. The molecule has 0 aliphatic heterocycles. The minimum atomic E-state index is -3.58. The second-order valence-electron chi connectivity index (χ2n) is 9.35. The van der Waals surface area contributed by atoms with Crippen molar-refractivity contribution in [2.75, 3.05) is 17.6 Å². The zero-order chi connectivity index (χ0) is 26.8. The molecule has 0 atom stereocenters. The first-order valence-corrected chi connectivity index (χ1v) is 15.7. The Balaban J connectivity index is 2.03. The summed E-state index contributed by atoms with van der Waals surface area (Å²) in [5, 5.41) is 1.44. The Labute approximate surface area is 218 Å². The molecule has 4 rings (SSSR count). The van der Waals surface area contributed by atoms with Gasteiger partial charge in [-0.2, -0.15) is 0 Å². The fraction of sp³-hybridized carbons (Fsp3) is 0.207. The van der Waals surface area contributed by atoms with Crippen LogP contribution in [-0.2, 0) is 20.8 Å². The number of sulfonamides is 1. The molecule has 0 saturated carbocycles. The summed E-state index contributed by atoms with van der Waals surface area (Å²) in [6, 6.07) is 26.5. The van der Waals surface area contributed by atoms with Gasteiger partial charge in [-0.15, -0.1) is 0 Å². The normalized spacial score (nSPS) is 12.1. The summed E-state index contributed by atoms with van der Waals surface area (Å²) in [5.41, 5.74) is 2.77. The van der Waals surface area contributed by atoms with Crippen molar-refractivity contribution in [3.05, 3.63) is 108 Å². The van der Waals surface area contributed by atoms with E-state index < -0.39 is 17.2 Å². The highest BCUT2D eigenvalue weighted by Gasteiger charge is 2.32. The number of benzene rings is 3. The fourth-order valence-corrected chi connectivity index (χ4v) is 7.51. The molecule has 8 heteroatoms. The van der Waals surface area contributed by atoms with E-state index >= 15 is 0 Å². The van der Waals surface area contributed by atoms with Gasteiger partial charge in [-0.05, 0) is 40.8 Å². The van der Waals surface area contributed by atoms with Crippen LogP contribution in [0.25, 0.3) is 11.1 Å². The number of rotatable bonds is 8. The van der Waals surface area contributed by atoms with E-state index in [0.29, 0.717) is 16.8 Å². The van der Waals surface area contributed by atoms with Gasteiger partial charge in [0.2, 0.25) is 10.0 Å². The minimum Gasteiger partial charge on any atom is -0.313 e. The van der Waals surface area contributed by atoms with Gasteiger partial charge in [0, 0.05) is 29.5 Å². The van der Waals surface area contributed by atoms with E-state index in [0.717, 1.165) is 26.7 Å². The predicted molar refractivity (Wildman–Crippen MR) is 150 cm³/mol. The van der Waals surface area contributed by atoms with Crippen LogP contribution in [0.5, 0.6) is 0 Å². The molecule has 0 N–H and O–H groups in total. The van der Waals surface area contributed by atoms with Crippen LogP contribution in [0.15, 0.2) is 91.0 Å². The van der Waals surface area contributed by atoms with E-state index in [1.807, 2.05) is 74.5 Å². The van der Waals surface area contributed by atoms with Gasteiger partial charge in [-0.1, -0.05) is 86.6 Å². The smallest absolute Gasteiger partial charge is 0.233 e. The molecule has 1 heterocycles. The molecule has 0 aliphatic carbocycles. The molecule has 1 aromatic heterocycles. The molecule has 0 aliphatic rings. The van der Waals surface area contributed by atoms with Crippen LogP contribution in [0.1, 0.15) is 31.0 Å². The van der Waals surface area contributed by atoms with Gasteiger partial charge in [-0.25, -0.2) is 17.8 Å². The fourth-order valence-electron chi connectivity index (χ4n) is 4.33. The third-order valence-corrected chi connectivity index (χ3v) is 10.6. The lowest BCUT2D eigenvalue weighted by Gasteiger charge is -2.26. The lowest BCUT2D eigenvalue weighted by atomic mass is 9.95. The molecule has 3 aromatic carbocycles. The Hall–Kier alpha value is -3.28. The standard InChI is InChI=1S/C29H30FN2O3PS/c1-21(2)29-27(20-36(33,24-11-7-5-8-12-24)25-13-9-6-10-14-25)26(22-15-17-23(30)18-16-22)19-28(31-29)32(3)37(4,34)35/h5-19,21H,20H2,1-4H3. The van der Waals surface area contributed by atoms with Crippen molar-refractivity contribution < 1.29 is 17.4 Å². The SMILES string of the molecule is CC(C)c1nc(N(C)S(C)(=O)=O)cc(-c2ccc(F)cc2)c1CP(=O)(c1ccccc1)c1ccccc1. The second kappa shape index (κ2) is 10.6. The van der Waals surface area contributed by atoms with E-state index in [-0.39, 0.29) is 23.7 Å². The maximum atomic E-state index is 15.0. The Kier molecular flexibility index (Phi) is 7.67. The Bertz CT molecular complexity index is 1500. The number of pyridine rings is 1. The number of halogens is 1. The third-order valence-electron chi connectivity index (χ3n) is 6.39. The Morgan fingerprint density at radius 3 is 1.86 bits per heavy atom. The van der Waals surface area contributed by atoms with Crippen molar-refractivity contribution in [2.45, 2.75) is 25.9 Å². The lowest BCUT2D eigenvalue weighted by Crippen LogP contribution is -2.27. The minimum absolute atomic E-state index is 0.0953. The van der Waals surface area contributed by atoms with Crippen LogP contribution < -0.4 is 14.9 Å². The summed E-state index contributed by atoms with van der Waals surface area (Å²) < 4.78 is 54.7. The maximum absolute atomic E-state index is 15.0. The predicted octanol–water partition coefficient (Wildman–Crippen LogP) is 5.92. The van der Waals surface area contributed by atoms with E-state index in [4.69, 9.17) is 4.98 Å². The molecule has 0 amide bonds. The average molecular weight is 537 g/mol. The number of nitrogens with zero attached hydrogens (tertiary/aromatic N) is 2. The summed E-state index contributed by atoms with van der Waals surface area (Å²) in [4.78, 5) is 4.77. The van der Waals surface area contributed by atoms with Crippen molar-refractivity contribution in [1.29, 1.82) is 0 Å². The van der Waals surface area contributed by atoms with Crippen LogP contribution >= 0.6 is 7.14 Å². The van der Waals surface area contributed by atoms with Crippen molar-refractivity contribution in [3.8, 4) is 11.1 Å². The highest BCUT2D eigenvalue weighted by atomic mass is 32.2. The van der Waals surface area contributed by atoms with Gasteiger partial charge >= 0.3 is 0 Å². The largest absolute Gasteiger partial charge is 0.313 e. The zero-order valence-electron chi connectivity index (χ0n) is 21.3. The molecule has 37 heavy (non-hydrogen) atoms. The van der Waals surface area contributed by atoms with E-state index in [9.17, 15) is 17.4 Å². The van der Waals surface area contributed by atoms with E-state index in [1.54, 1.807) is 18.2 Å². The second-order valence-corrected chi connectivity index (χ2v) is 14.2. The summed E-state index contributed by atoms with van der Waals surface area (Å²) in [7, 11) is -5.32. The first-order chi connectivity index (χ1) is 17.5. The van der Waals surface area contributed by atoms with Gasteiger partial charge in [0.05, 0.1) is 6.26 Å². The van der Waals surface area contributed by atoms with E-state index in [2.05, 4.69) is 0 Å². The zero-order valence-corrected chi connectivity index (χ0v) is 23.0. The molecule has 0 fully saturated rings. The van der Waals surface area contributed by atoms with Crippen LogP contribution in [-0.4, -0.2) is 26.7 Å². The first-order valence-electron chi connectivity index (χ1n) is 11.9. The van der Waals surface area contributed by atoms with Gasteiger partial charge in [0.1, 0.15) is 18.8 Å². The molecule has 5 nitrogen and oxygen atoms in total. The summed E-state index contributed by atoms with van der Waals surface area (Å²) in [6.07, 6.45) is 1.30. The summed E-state index contributed by atoms with van der Waals surface area (Å²) in [6.45, 7) is 3.95. The Morgan fingerprint density at radius 2 is 1.41 bits per heavy atom. The monoisotopic (exact) mass is 536 g/mol. The molecule has 0 unspecified atom stereocenters.